The topological polar surface area (TPSA) is 69.8 Å². The Labute approximate surface area is 138 Å². The van der Waals surface area contributed by atoms with Gasteiger partial charge in [0.2, 0.25) is 0 Å². The van der Waals surface area contributed by atoms with Gasteiger partial charge in [-0.25, -0.2) is 15.1 Å². The number of fused-ring (bicyclic) bond motifs is 2. The van der Waals surface area contributed by atoms with Crippen molar-refractivity contribution in [3.8, 4) is 6.07 Å². The van der Waals surface area contributed by atoms with Gasteiger partial charge in [0.1, 0.15) is 0 Å². The highest BCUT2D eigenvalue weighted by molar-refractivity contribution is 7.99. The van der Waals surface area contributed by atoms with Crippen LogP contribution in [0.15, 0.2) is 45.1 Å². The molecule has 6 heteroatoms. The molecule has 2 N–H and O–H groups in total. The number of nitrogens with zero attached hydrogens (tertiary/aromatic N) is 4. The van der Waals surface area contributed by atoms with E-state index in [1.165, 1.54) is 11.8 Å². The summed E-state index contributed by atoms with van der Waals surface area (Å²) >= 11 is 1.52. The van der Waals surface area contributed by atoms with E-state index in [1.807, 2.05) is 49.3 Å². The molecule has 112 valence electrons. The first kappa shape index (κ1) is 15.0. The van der Waals surface area contributed by atoms with Gasteiger partial charge < -0.3 is 10.6 Å². The first-order valence-corrected chi connectivity index (χ1v) is 7.65. The Hall–Kier alpha value is -2.96. The van der Waals surface area contributed by atoms with Crippen LogP contribution in [0.1, 0.15) is 0 Å². The van der Waals surface area contributed by atoms with Crippen LogP contribution in [0, 0.1) is 17.9 Å². The van der Waals surface area contributed by atoms with Crippen molar-refractivity contribution in [1.82, 2.24) is 0 Å². The molecule has 1 aliphatic rings. The van der Waals surface area contributed by atoms with E-state index in [0.717, 1.165) is 26.5 Å². The average Bonchev–Trinajstić information content (AvgIpc) is 2.54. The van der Waals surface area contributed by atoms with Crippen molar-refractivity contribution >= 4 is 34.5 Å². The molecule has 0 saturated carbocycles. The zero-order valence-electron chi connectivity index (χ0n) is 12.7. The molecule has 23 heavy (non-hydrogen) atoms. The maximum absolute atomic E-state index is 9.03. The molecule has 0 radical (unpaired) electrons. The van der Waals surface area contributed by atoms with Crippen LogP contribution in [0.5, 0.6) is 0 Å². The predicted octanol–water partition coefficient (Wildman–Crippen LogP) is 2.30. The summed E-state index contributed by atoms with van der Waals surface area (Å²) in [5.41, 5.74) is 8.83. The molecule has 0 amide bonds. The van der Waals surface area contributed by atoms with Gasteiger partial charge in [-0.05, 0) is 29.5 Å². The predicted molar refractivity (Wildman–Crippen MR) is 91.8 cm³/mol. The van der Waals surface area contributed by atoms with Crippen molar-refractivity contribution in [3.05, 3.63) is 52.3 Å². The molecule has 2 aromatic rings. The number of nitriles is 1. The van der Waals surface area contributed by atoms with Gasteiger partial charge in [0.05, 0.1) is 40.0 Å². The third-order valence-corrected chi connectivity index (χ3v) is 4.72. The van der Waals surface area contributed by atoms with Crippen molar-refractivity contribution in [2.45, 2.75) is 9.79 Å². The number of nitrogens with two attached hydrogens (primary N) is 1. The van der Waals surface area contributed by atoms with Gasteiger partial charge in [-0.1, -0.05) is 17.8 Å². The van der Waals surface area contributed by atoms with E-state index >= 15 is 0 Å². The SMILES string of the molecule is [C-]#[N+]C(C#N)=c1ccc2c(c1)Sc1c(ccc(N(C)C)c1N)N=2. The van der Waals surface area contributed by atoms with Crippen LogP contribution in [0.4, 0.5) is 17.1 Å². The second-order valence-electron chi connectivity index (χ2n) is 5.21. The Bertz CT molecular complexity index is 993. The Morgan fingerprint density at radius 1 is 1.35 bits per heavy atom. The Kier molecular flexibility index (Phi) is 3.69. The molecule has 0 aliphatic carbocycles. The largest absolute Gasteiger partial charge is 0.396 e. The van der Waals surface area contributed by atoms with Gasteiger partial charge in [-0.2, -0.15) is 0 Å². The minimum Gasteiger partial charge on any atom is -0.396 e. The van der Waals surface area contributed by atoms with Crippen LogP contribution in [-0.2, 0) is 0 Å². The lowest BCUT2D eigenvalue weighted by atomic mass is 10.2. The van der Waals surface area contributed by atoms with Crippen molar-refractivity contribution in [3.63, 3.8) is 0 Å². The lowest BCUT2D eigenvalue weighted by molar-refractivity contribution is 1.11. The number of hydrogen-bond acceptors (Lipinski definition) is 5. The third-order valence-electron chi connectivity index (χ3n) is 3.54. The molecule has 0 bridgehead atoms. The molecule has 0 aromatic heterocycles. The summed E-state index contributed by atoms with van der Waals surface area (Å²) in [6, 6.07) is 11.2. The van der Waals surface area contributed by atoms with E-state index in [1.54, 1.807) is 6.07 Å². The fourth-order valence-electron chi connectivity index (χ4n) is 2.39. The zero-order valence-corrected chi connectivity index (χ0v) is 13.5. The van der Waals surface area contributed by atoms with E-state index in [0.29, 0.717) is 10.9 Å². The quantitative estimate of drug-likeness (QED) is 0.552. The standard InChI is InChI=1S/C17H13N5S/c1-20-13(9-18)10-4-5-11-15(8-10)23-17-12(21-11)6-7-14(16(17)19)22(2)3/h4-8H,19H2,2-3H3. The molecule has 5 nitrogen and oxygen atoms in total. The van der Waals surface area contributed by atoms with Crippen molar-refractivity contribution in [2.75, 3.05) is 24.7 Å². The normalized spacial score (nSPS) is 12.9. The van der Waals surface area contributed by atoms with Crippen molar-refractivity contribution in [1.29, 1.82) is 5.26 Å². The van der Waals surface area contributed by atoms with Gasteiger partial charge >= 0.3 is 0 Å². The number of rotatable bonds is 1. The second-order valence-corrected chi connectivity index (χ2v) is 6.26. The minimum atomic E-state index is 0.0780. The zero-order chi connectivity index (χ0) is 16.6. The van der Waals surface area contributed by atoms with Crippen molar-refractivity contribution in [2.24, 2.45) is 4.99 Å². The molecular weight excluding hydrogens is 306 g/mol. The molecular formula is C17H13N5S. The summed E-state index contributed by atoms with van der Waals surface area (Å²) in [5.74, 6) is 0. The van der Waals surface area contributed by atoms with Gasteiger partial charge in [0.15, 0.2) is 0 Å². The lowest BCUT2D eigenvalue weighted by Crippen LogP contribution is -2.16. The summed E-state index contributed by atoms with van der Waals surface area (Å²) in [7, 11) is 3.89. The maximum atomic E-state index is 9.03. The van der Waals surface area contributed by atoms with Crippen LogP contribution in [0.25, 0.3) is 10.5 Å². The Balaban J connectivity index is 2.23. The molecule has 2 aromatic carbocycles. The summed E-state index contributed by atoms with van der Waals surface area (Å²) in [6.07, 6.45) is 0. The van der Waals surface area contributed by atoms with Gasteiger partial charge in [0.25, 0.3) is 5.70 Å². The van der Waals surface area contributed by atoms with Gasteiger partial charge in [-0.3, -0.25) is 0 Å². The van der Waals surface area contributed by atoms with Gasteiger partial charge in [-0.15, -0.1) is 0 Å². The summed E-state index contributed by atoms with van der Waals surface area (Å²) in [6.45, 7) is 7.07. The van der Waals surface area contributed by atoms with Crippen molar-refractivity contribution < 1.29 is 0 Å². The highest BCUT2D eigenvalue weighted by atomic mass is 32.2. The molecule has 0 saturated heterocycles. The Morgan fingerprint density at radius 3 is 2.78 bits per heavy atom. The molecule has 1 aliphatic heterocycles. The fraction of sp³-hybridized carbons (Fsp3) is 0.118. The molecule has 1 heterocycles. The lowest BCUT2D eigenvalue weighted by Gasteiger charge is -2.20. The highest BCUT2D eigenvalue weighted by Gasteiger charge is 2.17. The van der Waals surface area contributed by atoms with Crippen LogP contribution in [-0.4, -0.2) is 14.1 Å². The molecule has 0 unspecified atom stereocenters. The van der Waals surface area contributed by atoms with Gasteiger partial charge in [0, 0.05) is 19.0 Å². The number of anilines is 2. The Morgan fingerprint density at radius 2 is 2.13 bits per heavy atom. The molecule has 3 rings (SSSR count). The smallest absolute Gasteiger partial charge is 0.269 e. The third kappa shape index (κ3) is 2.50. The number of benzene rings is 2. The van der Waals surface area contributed by atoms with E-state index in [-0.39, 0.29) is 5.70 Å². The molecule has 0 spiro atoms. The van der Waals surface area contributed by atoms with Crippen LogP contribution in [0.2, 0.25) is 0 Å². The second kappa shape index (κ2) is 5.68. The first-order chi connectivity index (χ1) is 11.0. The van der Waals surface area contributed by atoms with E-state index in [9.17, 15) is 0 Å². The fourth-order valence-corrected chi connectivity index (χ4v) is 3.45. The van der Waals surface area contributed by atoms with E-state index < -0.39 is 0 Å². The molecule has 0 fully saturated rings. The van der Waals surface area contributed by atoms with E-state index in [4.69, 9.17) is 17.6 Å². The maximum Gasteiger partial charge on any atom is 0.269 e. The first-order valence-electron chi connectivity index (χ1n) is 6.83. The number of hydrogen-bond donors (Lipinski definition) is 1. The van der Waals surface area contributed by atoms with Crippen LogP contribution >= 0.6 is 11.8 Å². The van der Waals surface area contributed by atoms with Crippen LogP contribution < -0.4 is 21.2 Å². The minimum absolute atomic E-state index is 0.0780. The summed E-state index contributed by atoms with van der Waals surface area (Å²) in [5, 5.41) is 10.5. The monoisotopic (exact) mass is 319 g/mol. The summed E-state index contributed by atoms with van der Waals surface area (Å²) in [4.78, 5) is 11.7. The summed E-state index contributed by atoms with van der Waals surface area (Å²) < 4.78 is 0. The average molecular weight is 319 g/mol. The number of nitrogen functional groups attached to an aromatic ring is 1. The van der Waals surface area contributed by atoms with Crippen LogP contribution in [0.3, 0.4) is 0 Å². The molecule has 0 atom stereocenters. The van der Waals surface area contributed by atoms with E-state index in [2.05, 4.69) is 9.84 Å². The highest BCUT2D eigenvalue weighted by Crippen LogP contribution is 2.44.